The Morgan fingerprint density at radius 3 is 2.39 bits per heavy atom. The molecule has 1 aromatic heterocycles. The molecule has 374 valence electrons. The standard InChI is InChI=1S/C54H64ClN9O5S2/c1-54(39-62-28-24-56-25-29-62)22-19-49(40-9-13-44(55)14-10-40)43(35-54)36-61-30-32-63(33-31-61)46-15-11-42(12-16-46)53(65)59-71(68,69)48-17-18-50(52(34-48)64(66)67)58-45(38-70-47-7-3-2-4-8-47)21-27-60-26-20-41-6-5-23-57-51(41)37-60/h2-18,23,34,45,56,58H,19-22,24-33,35-39H2,1H3,(H,59,65). The van der Waals surface area contributed by atoms with Gasteiger partial charge in [-0.1, -0.05) is 60.5 Å². The molecule has 4 aliphatic rings. The topological polar surface area (TPSA) is 156 Å². The highest BCUT2D eigenvalue weighted by molar-refractivity contribution is 7.99. The second-order valence-electron chi connectivity index (χ2n) is 19.7. The van der Waals surface area contributed by atoms with Crippen LogP contribution in [0.5, 0.6) is 0 Å². The number of amides is 1. The van der Waals surface area contributed by atoms with Gasteiger partial charge in [0.15, 0.2) is 0 Å². The van der Waals surface area contributed by atoms with Crippen molar-refractivity contribution in [2.75, 3.05) is 94.5 Å². The molecular weight excluding hydrogens is 954 g/mol. The number of carbonyl (C=O) groups is 1. The average Bonchev–Trinajstić information content (AvgIpc) is 3.38. The number of hydrogen-bond acceptors (Lipinski definition) is 13. The van der Waals surface area contributed by atoms with Crippen LogP contribution in [0.3, 0.4) is 0 Å². The molecule has 5 aromatic rings. The Morgan fingerprint density at radius 1 is 0.887 bits per heavy atom. The smallest absolute Gasteiger partial charge is 0.293 e. The summed E-state index contributed by atoms with van der Waals surface area (Å²) in [6.45, 7) is 14.5. The number of thioether (sulfide) groups is 1. The van der Waals surface area contributed by atoms with E-state index in [9.17, 15) is 23.3 Å². The molecule has 4 aromatic carbocycles. The van der Waals surface area contributed by atoms with Crippen molar-refractivity contribution in [1.82, 2.24) is 29.7 Å². The molecule has 2 unspecified atom stereocenters. The first-order valence-electron chi connectivity index (χ1n) is 24.8. The minimum atomic E-state index is -4.47. The number of anilines is 2. The van der Waals surface area contributed by atoms with E-state index in [0.29, 0.717) is 12.2 Å². The van der Waals surface area contributed by atoms with E-state index in [1.807, 2.05) is 66.9 Å². The summed E-state index contributed by atoms with van der Waals surface area (Å²) in [5.74, 6) is -0.196. The average molecular weight is 1020 g/mol. The van der Waals surface area contributed by atoms with Gasteiger partial charge < -0.3 is 20.4 Å². The number of pyridine rings is 1. The Balaban J connectivity index is 0.813. The van der Waals surface area contributed by atoms with E-state index in [0.717, 1.165) is 138 Å². The van der Waals surface area contributed by atoms with E-state index >= 15 is 0 Å². The van der Waals surface area contributed by atoms with Gasteiger partial charge in [0.1, 0.15) is 5.69 Å². The molecule has 2 fully saturated rings. The maximum absolute atomic E-state index is 13.7. The first-order chi connectivity index (χ1) is 34.4. The second kappa shape index (κ2) is 23.0. The van der Waals surface area contributed by atoms with Crippen molar-refractivity contribution in [2.45, 2.75) is 61.4 Å². The Kier molecular flexibility index (Phi) is 16.4. The van der Waals surface area contributed by atoms with Crippen LogP contribution in [0.2, 0.25) is 5.02 Å². The van der Waals surface area contributed by atoms with E-state index in [1.165, 1.54) is 34.4 Å². The summed E-state index contributed by atoms with van der Waals surface area (Å²) < 4.78 is 29.5. The number of aromatic nitrogens is 1. The van der Waals surface area contributed by atoms with Crippen LogP contribution < -0.4 is 20.3 Å². The predicted molar refractivity (Wildman–Crippen MR) is 285 cm³/mol. The summed E-state index contributed by atoms with van der Waals surface area (Å²) in [4.78, 5) is 40.5. The maximum atomic E-state index is 13.7. The minimum Gasteiger partial charge on any atom is -0.376 e. The second-order valence-corrected chi connectivity index (χ2v) is 22.9. The van der Waals surface area contributed by atoms with Crippen molar-refractivity contribution in [3.63, 3.8) is 0 Å². The van der Waals surface area contributed by atoms with Crippen molar-refractivity contribution in [3.8, 4) is 0 Å². The highest BCUT2D eigenvalue weighted by Crippen LogP contribution is 2.44. The van der Waals surface area contributed by atoms with Crippen LogP contribution in [0.25, 0.3) is 5.57 Å². The number of allylic oxidation sites excluding steroid dienone is 1. The fraction of sp³-hybridized carbons (Fsp3) is 0.407. The number of nitro benzene ring substituents is 1. The summed E-state index contributed by atoms with van der Waals surface area (Å²) >= 11 is 7.96. The maximum Gasteiger partial charge on any atom is 0.293 e. The molecule has 0 radical (unpaired) electrons. The van der Waals surface area contributed by atoms with Gasteiger partial charge in [-0.25, -0.2) is 13.1 Å². The summed E-state index contributed by atoms with van der Waals surface area (Å²) in [5.41, 5.74) is 7.70. The molecular formula is C54H64ClN9O5S2. The number of hydrogen-bond donors (Lipinski definition) is 3. The number of rotatable bonds is 18. The van der Waals surface area contributed by atoms with Crippen LogP contribution in [0, 0.1) is 15.5 Å². The molecule has 1 aliphatic carbocycles. The van der Waals surface area contributed by atoms with Gasteiger partial charge in [0.05, 0.1) is 15.5 Å². The fourth-order valence-electron chi connectivity index (χ4n) is 10.5. The van der Waals surface area contributed by atoms with E-state index in [-0.39, 0.29) is 27.6 Å². The number of nitrogens with one attached hydrogen (secondary N) is 3. The lowest BCUT2D eigenvalue weighted by Crippen LogP contribution is -2.49. The quantitative estimate of drug-likeness (QED) is 0.0437. The third-order valence-electron chi connectivity index (χ3n) is 14.4. The Morgan fingerprint density at radius 2 is 1.65 bits per heavy atom. The van der Waals surface area contributed by atoms with Crippen LogP contribution in [-0.2, 0) is 23.0 Å². The highest BCUT2D eigenvalue weighted by atomic mass is 35.5. The molecule has 2 saturated heterocycles. The van der Waals surface area contributed by atoms with Crippen molar-refractivity contribution >= 4 is 61.9 Å². The number of nitrogens with zero attached hydrogens (tertiary/aromatic N) is 6. The van der Waals surface area contributed by atoms with Crippen molar-refractivity contribution in [1.29, 1.82) is 0 Å². The molecule has 3 N–H and O–H groups in total. The van der Waals surface area contributed by atoms with Gasteiger partial charge in [-0.2, -0.15) is 0 Å². The van der Waals surface area contributed by atoms with E-state index < -0.39 is 26.5 Å². The summed E-state index contributed by atoms with van der Waals surface area (Å²) in [7, 11) is -4.47. The summed E-state index contributed by atoms with van der Waals surface area (Å²) in [6, 6.07) is 32.9. The minimum absolute atomic E-state index is 0.165. The SMILES string of the molecule is CC1(CN2CCNCC2)CCC(c2ccc(Cl)cc2)=C(CN2CCN(c3ccc(C(=O)NS(=O)(=O)c4ccc(NC(CCN5CCc6cccnc6C5)CSc5ccccc5)c([N+](=O)[O-])c4)cc3)CC2)C1. The van der Waals surface area contributed by atoms with Crippen LogP contribution in [0.15, 0.2) is 131 Å². The Labute approximate surface area is 427 Å². The molecule has 0 bridgehead atoms. The van der Waals surface area contributed by atoms with Gasteiger partial charge in [-0.15, -0.1) is 11.8 Å². The molecule has 4 heterocycles. The molecule has 3 aliphatic heterocycles. The lowest BCUT2D eigenvalue weighted by molar-refractivity contribution is -0.384. The van der Waals surface area contributed by atoms with Gasteiger partial charge in [0.2, 0.25) is 0 Å². The summed E-state index contributed by atoms with van der Waals surface area (Å²) in [5, 5.41) is 20.1. The largest absolute Gasteiger partial charge is 0.376 e. The molecule has 0 spiro atoms. The van der Waals surface area contributed by atoms with E-state index in [4.69, 9.17) is 11.6 Å². The normalized spacial score (nSPS) is 19.8. The van der Waals surface area contributed by atoms with Crippen LogP contribution in [0.1, 0.15) is 59.8 Å². The third kappa shape index (κ3) is 13.2. The molecule has 2 atom stereocenters. The van der Waals surface area contributed by atoms with Crippen LogP contribution in [0.4, 0.5) is 17.1 Å². The number of halogens is 1. The zero-order valence-electron chi connectivity index (χ0n) is 40.4. The zero-order valence-corrected chi connectivity index (χ0v) is 42.8. The number of piperazine rings is 2. The Hall–Kier alpha value is -5.33. The number of fused-ring (bicyclic) bond motifs is 1. The molecule has 9 rings (SSSR count). The van der Waals surface area contributed by atoms with Crippen molar-refractivity contribution in [2.24, 2.45) is 5.41 Å². The third-order valence-corrected chi connectivity index (χ3v) is 17.2. The summed E-state index contributed by atoms with van der Waals surface area (Å²) in [6.07, 6.45) is 6.69. The number of sulfonamides is 1. The first kappa shape index (κ1) is 50.6. The van der Waals surface area contributed by atoms with Crippen molar-refractivity contribution < 1.29 is 18.1 Å². The van der Waals surface area contributed by atoms with Crippen LogP contribution in [-0.4, -0.2) is 129 Å². The monoisotopic (exact) mass is 1020 g/mol. The number of benzene rings is 4. The fourth-order valence-corrected chi connectivity index (χ4v) is 12.6. The lowest BCUT2D eigenvalue weighted by Gasteiger charge is -2.43. The van der Waals surface area contributed by atoms with Gasteiger partial charge in [-0.05, 0) is 121 Å². The Bertz CT molecular complexity index is 2790. The molecule has 71 heavy (non-hydrogen) atoms. The molecule has 1 amide bonds. The molecule has 17 heteroatoms. The number of carbonyl (C=O) groups excluding carboxylic acids is 1. The first-order valence-corrected chi connectivity index (χ1v) is 27.6. The van der Waals surface area contributed by atoms with Gasteiger partial charge in [0.25, 0.3) is 21.6 Å². The lowest BCUT2D eigenvalue weighted by atomic mass is 9.71. The number of nitro groups is 1. The highest BCUT2D eigenvalue weighted by Gasteiger charge is 2.35. The zero-order chi connectivity index (χ0) is 49.4. The van der Waals surface area contributed by atoms with Gasteiger partial charge in [-0.3, -0.25) is 29.7 Å². The van der Waals surface area contributed by atoms with E-state index in [1.54, 1.807) is 23.9 Å². The van der Waals surface area contributed by atoms with Crippen molar-refractivity contribution in [3.05, 3.63) is 158 Å². The van der Waals surface area contributed by atoms with E-state index in [2.05, 4.69) is 65.1 Å². The van der Waals surface area contributed by atoms with Gasteiger partial charge in [0, 0.05) is 130 Å². The van der Waals surface area contributed by atoms with Gasteiger partial charge >= 0.3 is 0 Å². The molecule has 0 saturated carbocycles. The molecule has 14 nitrogen and oxygen atoms in total. The van der Waals surface area contributed by atoms with Crippen LogP contribution >= 0.6 is 23.4 Å². The predicted octanol–water partition coefficient (Wildman–Crippen LogP) is 8.45.